The lowest BCUT2D eigenvalue weighted by molar-refractivity contribution is -0.626. The van der Waals surface area contributed by atoms with Crippen LogP contribution in [0.4, 0.5) is 0 Å². The SMILES string of the molecule is CC(C)(C)C12OOC1(c1cc(O)c3ccc4ccccc4c3c1)OCC2(C)C. The second kappa shape index (κ2) is 5.26. The number of benzene rings is 3. The molecule has 2 heterocycles. The summed E-state index contributed by atoms with van der Waals surface area (Å²) in [6.45, 7) is 11.3. The first kappa shape index (κ1) is 17.9. The molecule has 0 radical (unpaired) electrons. The Kier molecular flexibility index (Phi) is 3.37. The van der Waals surface area contributed by atoms with Crippen molar-refractivity contribution in [2.45, 2.75) is 46.0 Å². The van der Waals surface area contributed by atoms with Gasteiger partial charge in [0.2, 0.25) is 0 Å². The molecule has 2 saturated heterocycles. The largest absolute Gasteiger partial charge is 0.507 e. The van der Waals surface area contributed by atoms with Crippen molar-refractivity contribution >= 4 is 21.5 Å². The van der Waals surface area contributed by atoms with Crippen LogP contribution in [0.2, 0.25) is 0 Å². The minimum absolute atomic E-state index is 0.222. The molecule has 0 aromatic heterocycles. The molecule has 2 fully saturated rings. The molecule has 4 nitrogen and oxygen atoms in total. The topological polar surface area (TPSA) is 47.9 Å². The monoisotopic (exact) mass is 378 g/mol. The van der Waals surface area contributed by atoms with E-state index in [0.717, 1.165) is 27.1 Å². The van der Waals surface area contributed by atoms with Crippen molar-refractivity contribution in [2.75, 3.05) is 6.61 Å². The highest BCUT2D eigenvalue weighted by Crippen LogP contribution is 2.69. The number of aromatic hydroxyl groups is 1. The molecule has 3 aromatic rings. The van der Waals surface area contributed by atoms with Gasteiger partial charge >= 0.3 is 0 Å². The van der Waals surface area contributed by atoms with Crippen LogP contribution in [-0.4, -0.2) is 17.3 Å². The molecule has 4 heteroatoms. The predicted molar refractivity (Wildman–Crippen MR) is 109 cm³/mol. The summed E-state index contributed by atoms with van der Waals surface area (Å²) < 4.78 is 6.33. The number of hydrogen-bond acceptors (Lipinski definition) is 4. The molecule has 2 unspecified atom stereocenters. The Hall–Kier alpha value is -2.14. The lowest BCUT2D eigenvalue weighted by Crippen LogP contribution is -2.73. The summed E-state index contributed by atoms with van der Waals surface area (Å²) in [4.78, 5) is 11.7. The quantitative estimate of drug-likeness (QED) is 0.439. The van der Waals surface area contributed by atoms with E-state index >= 15 is 0 Å². The number of hydrogen-bond donors (Lipinski definition) is 1. The van der Waals surface area contributed by atoms with Gasteiger partial charge in [-0.3, -0.25) is 0 Å². The van der Waals surface area contributed by atoms with E-state index in [0.29, 0.717) is 6.61 Å². The Morgan fingerprint density at radius 1 is 0.893 bits per heavy atom. The van der Waals surface area contributed by atoms with Crippen molar-refractivity contribution in [1.29, 1.82) is 0 Å². The molecule has 3 aromatic carbocycles. The van der Waals surface area contributed by atoms with Crippen molar-refractivity contribution in [3.63, 3.8) is 0 Å². The standard InChI is InChI=1S/C24H26O4/c1-21(2,3)24-22(4,5)14-26-23(24,27-28-24)16-12-19-17-9-7-6-8-15(17)10-11-18(19)20(25)13-16/h6-13,25H,14H2,1-5H3. The van der Waals surface area contributed by atoms with E-state index < -0.39 is 11.4 Å². The minimum Gasteiger partial charge on any atom is -0.507 e. The third-order valence-corrected chi connectivity index (χ3v) is 6.61. The number of ether oxygens (including phenoxy) is 1. The van der Waals surface area contributed by atoms with E-state index in [1.807, 2.05) is 24.3 Å². The van der Waals surface area contributed by atoms with Crippen LogP contribution in [0.3, 0.4) is 0 Å². The van der Waals surface area contributed by atoms with Crippen LogP contribution < -0.4 is 0 Å². The summed E-state index contributed by atoms with van der Waals surface area (Å²) >= 11 is 0. The van der Waals surface area contributed by atoms with Crippen LogP contribution in [0.25, 0.3) is 21.5 Å². The maximum Gasteiger partial charge on any atom is 0.261 e. The summed E-state index contributed by atoms with van der Waals surface area (Å²) in [6, 6.07) is 16.0. The molecule has 0 bridgehead atoms. The third kappa shape index (κ3) is 1.91. The van der Waals surface area contributed by atoms with Gasteiger partial charge in [0.1, 0.15) is 5.75 Å². The van der Waals surface area contributed by atoms with Gasteiger partial charge in [0.15, 0.2) is 5.60 Å². The van der Waals surface area contributed by atoms with Crippen LogP contribution in [0.1, 0.15) is 40.2 Å². The fraction of sp³-hybridized carbons (Fsp3) is 0.417. The number of phenols is 1. The zero-order valence-corrected chi connectivity index (χ0v) is 17.0. The Balaban J connectivity index is 1.81. The van der Waals surface area contributed by atoms with Gasteiger partial charge in [0, 0.05) is 21.8 Å². The molecule has 5 rings (SSSR count). The highest BCUT2D eigenvalue weighted by Gasteiger charge is 2.81. The molecule has 2 aliphatic heterocycles. The van der Waals surface area contributed by atoms with E-state index in [2.05, 4.69) is 52.8 Å². The Morgan fingerprint density at radius 2 is 1.64 bits per heavy atom. The average Bonchev–Trinajstić information content (AvgIpc) is 2.76. The first-order chi connectivity index (χ1) is 13.1. The van der Waals surface area contributed by atoms with Crippen molar-refractivity contribution in [3.05, 3.63) is 54.1 Å². The summed E-state index contributed by atoms with van der Waals surface area (Å²) in [5.41, 5.74) is -0.375. The van der Waals surface area contributed by atoms with Gasteiger partial charge in [-0.1, -0.05) is 71.0 Å². The fourth-order valence-electron chi connectivity index (χ4n) is 5.52. The second-order valence-corrected chi connectivity index (χ2v) is 9.76. The molecular weight excluding hydrogens is 352 g/mol. The van der Waals surface area contributed by atoms with Gasteiger partial charge in [-0.25, -0.2) is 4.89 Å². The molecule has 2 atom stereocenters. The van der Waals surface area contributed by atoms with Gasteiger partial charge in [-0.15, -0.1) is 0 Å². The third-order valence-electron chi connectivity index (χ3n) is 6.61. The van der Waals surface area contributed by atoms with Crippen molar-refractivity contribution < 1.29 is 19.6 Å². The Morgan fingerprint density at radius 3 is 2.32 bits per heavy atom. The fourth-order valence-corrected chi connectivity index (χ4v) is 5.52. The van der Waals surface area contributed by atoms with Gasteiger partial charge < -0.3 is 9.84 Å². The van der Waals surface area contributed by atoms with Crippen molar-refractivity contribution in [2.24, 2.45) is 10.8 Å². The van der Waals surface area contributed by atoms with Crippen LogP contribution in [-0.2, 0) is 20.3 Å². The first-order valence-corrected chi connectivity index (χ1v) is 9.79. The van der Waals surface area contributed by atoms with E-state index in [-0.39, 0.29) is 16.6 Å². The van der Waals surface area contributed by atoms with Gasteiger partial charge in [-0.05, 0) is 28.3 Å². The summed E-state index contributed by atoms with van der Waals surface area (Å²) in [7, 11) is 0. The van der Waals surface area contributed by atoms with E-state index in [1.54, 1.807) is 6.07 Å². The zero-order valence-electron chi connectivity index (χ0n) is 17.0. The summed E-state index contributed by atoms with van der Waals surface area (Å²) in [6.07, 6.45) is 0. The van der Waals surface area contributed by atoms with Crippen LogP contribution >= 0.6 is 0 Å². The lowest BCUT2D eigenvalue weighted by Gasteiger charge is -2.61. The van der Waals surface area contributed by atoms with Gasteiger partial charge in [0.25, 0.3) is 5.79 Å². The molecule has 0 aliphatic carbocycles. The zero-order chi connectivity index (χ0) is 19.9. The summed E-state index contributed by atoms with van der Waals surface area (Å²) in [5.74, 6) is -0.823. The van der Waals surface area contributed by atoms with E-state index in [4.69, 9.17) is 14.5 Å². The molecule has 0 spiro atoms. The molecule has 2 aliphatic rings. The maximum atomic E-state index is 10.9. The smallest absolute Gasteiger partial charge is 0.261 e. The highest BCUT2D eigenvalue weighted by atomic mass is 17.3. The molecule has 1 N–H and O–H groups in total. The maximum absolute atomic E-state index is 10.9. The Labute approximate surface area is 164 Å². The van der Waals surface area contributed by atoms with Crippen LogP contribution in [0.5, 0.6) is 5.75 Å². The number of phenolic OH excluding ortho intramolecular Hbond substituents is 1. The highest BCUT2D eigenvalue weighted by molar-refractivity contribution is 6.09. The van der Waals surface area contributed by atoms with Gasteiger partial charge in [0.05, 0.1) is 6.61 Å². The molecule has 146 valence electrons. The van der Waals surface area contributed by atoms with Crippen LogP contribution in [0, 0.1) is 10.8 Å². The Bertz CT molecular complexity index is 1110. The number of rotatable bonds is 1. The summed E-state index contributed by atoms with van der Waals surface area (Å²) in [5, 5.41) is 14.9. The van der Waals surface area contributed by atoms with Gasteiger partial charge in [-0.2, -0.15) is 4.89 Å². The molecule has 0 amide bonds. The predicted octanol–water partition coefficient (Wildman–Crippen LogP) is 5.65. The minimum atomic E-state index is -1.04. The van der Waals surface area contributed by atoms with E-state index in [9.17, 15) is 5.11 Å². The van der Waals surface area contributed by atoms with Crippen LogP contribution in [0.15, 0.2) is 48.5 Å². The normalized spacial score (nSPS) is 29.0. The van der Waals surface area contributed by atoms with Crippen molar-refractivity contribution in [3.8, 4) is 5.75 Å². The number of fused-ring (bicyclic) bond motifs is 4. The molecule has 0 saturated carbocycles. The van der Waals surface area contributed by atoms with E-state index in [1.165, 1.54) is 0 Å². The lowest BCUT2D eigenvalue weighted by atomic mass is 9.57. The average molecular weight is 378 g/mol. The molecular formula is C24H26O4. The second-order valence-electron chi connectivity index (χ2n) is 9.76. The van der Waals surface area contributed by atoms with Crippen molar-refractivity contribution in [1.82, 2.24) is 0 Å². The molecule has 28 heavy (non-hydrogen) atoms. The first-order valence-electron chi connectivity index (χ1n) is 9.79.